The Balaban J connectivity index is 1.52. The molecule has 1 saturated carbocycles. The third-order valence-corrected chi connectivity index (χ3v) is 4.62. The SMILES string of the molecule is COc1ccc(CCN2CC(C(=O)NC3CC3)CCC2=O)cc1. The first-order chi connectivity index (χ1) is 11.2. The fraction of sp³-hybridized carbons (Fsp3) is 0.556. The van der Waals surface area contributed by atoms with E-state index < -0.39 is 0 Å². The highest BCUT2D eigenvalue weighted by molar-refractivity contribution is 5.84. The number of carbonyl (C=O) groups excluding carboxylic acids is 2. The number of carbonyl (C=O) groups is 2. The Morgan fingerprint density at radius 1 is 1.26 bits per heavy atom. The molecule has 1 unspecified atom stereocenters. The maximum Gasteiger partial charge on any atom is 0.225 e. The molecule has 124 valence electrons. The number of amides is 2. The fourth-order valence-electron chi connectivity index (χ4n) is 2.95. The predicted octanol–water partition coefficient (Wildman–Crippen LogP) is 1.75. The highest BCUT2D eigenvalue weighted by Crippen LogP contribution is 2.23. The number of hydrogen-bond acceptors (Lipinski definition) is 3. The first kappa shape index (κ1) is 15.8. The van der Waals surface area contributed by atoms with Crippen molar-refractivity contribution in [2.45, 2.75) is 38.1 Å². The van der Waals surface area contributed by atoms with Gasteiger partial charge in [-0.3, -0.25) is 9.59 Å². The summed E-state index contributed by atoms with van der Waals surface area (Å²) in [5.74, 6) is 1.06. The van der Waals surface area contributed by atoms with Gasteiger partial charge in [0, 0.05) is 25.6 Å². The molecule has 1 atom stereocenters. The minimum absolute atomic E-state index is 0.0517. The molecule has 0 aromatic heterocycles. The van der Waals surface area contributed by atoms with Crippen LogP contribution in [-0.2, 0) is 16.0 Å². The zero-order valence-corrected chi connectivity index (χ0v) is 13.6. The lowest BCUT2D eigenvalue weighted by Gasteiger charge is -2.32. The van der Waals surface area contributed by atoms with Crippen LogP contribution >= 0.6 is 0 Å². The molecule has 3 rings (SSSR count). The minimum atomic E-state index is -0.0517. The third kappa shape index (κ3) is 4.24. The van der Waals surface area contributed by atoms with Crippen LogP contribution in [-0.4, -0.2) is 43.0 Å². The Kier molecular flexibility index (Phi) is 4.84. The van der Waals surface area contributed by atoms with Crippen molar-refractivity contribution in [2.24, 2.45) is 5.92 Å². The summed E-state index contributed by atoms with van der Waals surface area (Å²) in [7, 11) is 1.65. The number of likely N-dealkylation sites (tertiary alicyclic amines) is 1. The second-order valence-corrected chi connectivity index (χ2v) is 6.46. The molecule has 5 nitrogen and oxygen atoms in total. The Bertz CT molecular complexity index is 566. The smallest absolute Gasteiger partial charge is 0.225 e. The monoisotopic (exact) mass is 316 g/mol. The summed E-state index contributed by atoms with van der Waals surface area (Å²) >= 11 is 0. The van der Waals surface area contributed by atoms with Crippen molar-refractivity contribution < 1.29 is 14.3 Å². The van der Waals surface area contributed by atoms with Gasteiger partial charge in [-0.25, -0.2) is 0 Å². The lowest BCUT2D eigenvalue weighted by atomic mass is 9.96. The van der Waals surface area contributed by atoms with E-state index in [1.807, 2.05) is 29.2 Å². The van der Waals surface area contributed by atoms with E-state index in [0.29, 0.717) is 32.0 Å². The number of hydrogen-bond donors (Lipinski definition) is 1. The number of nitrogens with zero attached hydrogens (tertiary/aromatic N) is 1. The Hall–Kier alpha value is -2.04. The van der Waals surface area contributed by atoms with Crippen molar-refractivity contribution in [1.82, 2.24) is 10.2 Å². The standard InChI is InChI=1S/C18H24N2O3/c1-23-16-7-2-13(3-8-16)10-11-20-12-14(4-9-17(20)21)18(22)19-15-5-6-15/h2-3,7-8,14-15H,4-6,9-12H2,1H3,(H,19,22). The molecule has 0 radical (unpaired) electrons. The summed E-state index contributed by atoms with van der Waals surface area (Å²) in [6.45, 7) is 1.21. The zero-order valence-electron chi connectivity index (χ0n) is 13.6. The molecule has 1 aliphatic carbocycles. The van der Waals surface area contributed by atoms with Crippen molar-refractivity contribution in [3.63, 3.8) is 0 Å². The molecule has 1 N–H and O–H groups in total. The van der Waals surface area contributed by atoms with Gasteiger partial charge >= 0.3 is 0 Å². The highest BCUT2D eigenvalue weighted by atomic mass is 16.5. The average Bonchev–Trinajstić information content (AvgIpc) is 3.38. The quantitative estimate of drug-likeness (QED) is 0.870. The topological polar surface area (TPSA) is 58.6 Å². The largest absolute Gasteiger partial charge is 0.497 e. The molecule has 5 heteroatoms. The van der Waals surface area contributed by atoms with Crippen LogP contribution in [0.2, 0.25) is 0 Å². The molecule has 0 spiro atoms. The van der Waals surface area contributed by atoms with Gasteiger partial charge < -0.3 is 15.0 Å². The van der Waals surface area contributed by atoms with Crippen LogP contribution < -0.4 is 10.1 Å². The molecule has 23 heavy (non-hydrogen) atoms. The van der Waals surface area contributed by atoms with Crippen LogP contribution in [0.15, 0.2) is 24.3 Å². The van der Waals surface area contributed by atoms with E-state index in [1.165, 1.54) is 5.56 Å². The van der Waals surface area contributed by atoms with Crippen molar-refractivity contribution in [1.29, 1.82) is 0 Å². The summed E-state index contributed by atoms with van der Waals surface area (Å²) < 4.78 is 5.15. The van der Waals surface area contributed by atoms with Crippen molar-refractivity contribution in [3.05, 3.63) is 29.8 Å². The van der Waals surface area contributed by atoms with E-state index in [0.717, 1.165) is 25.0 Å². The lowest BCUT2D eigenvalue weighted by molar-refractivity contribution is -0.138. The number of methoxy groups -OCH3 is 1. The summed E-state index contributed by atoms with van der Waals surface area (Å²) in [5, 5.41) is 3.05. The van der Waals surface area contributed by atoms with Gasteiger partial charge in [-0.15, -0.1) is 0 Å². The molecule has 2 amide bonds. The molecule has 1 aliphatic heterocycles. The number of rotatable bonds is 6. The fourth-order valence-corrected chi connectivity index (χ4v) is 2.95. The molecule has 1 aromatic carbocycles. The predicted molar refractivity (Wildman–Crippen MR) is 87.2 cm³/mol. The van der Waals surface area contributed by atoms with Crippen LogP contribution in [0.3, 0.4) is 0 Å². The van der Waals surface area contributed by atoms with Gasteiger partial charge in [-0.2, -0.15) is 0 Å². The molecule has 1 saturated heterocycles. The van der Waals surface area contributed by atoms with Crippen molar-refractivity contribution >= 4 is 11.8 Å². The maximum absolute atomic E-state index is 12.2. The summed E-state index contributed by atoms with van der Waals surface area (Å²) in [5.41, 5.74) is 1.17. The van der Waals surface area contributed by atoms with Gasteiger partial charge in [0.1, 0.15) is 5.75 Å². The van der Waals surface area contributed by atoms with Crippen molar-refractivity contribution in [3.8, 4) is 5.75 Å². The van der Waals surface area contributed by atoms with Crippen LogP contribution in [0, 0.1) is 5.92 Å². The molecule has 2 aliphatic rings. The highest BCUT2D eigenvalue weighted by Gasteiger charge is 2.32. The van der Waals surface area contributed by atoms with Crippen LogP contribution in [0.5, 0.6) is 5.75 Å². The second-order valence-electron chi connectivity index (χ2n) is 6.46. The Morgan fingerprint density at radius 2 is 2.00 bits per heavy atom. The first-order valence-electron chi connectivity index (χ1n) is 8.37. The second kappa shape index (κ2) is 7.02. The van der Waals surface area contributed by atoms with Gasteiger partial charge in [0.2, 0.25) is 11.8 Å². The first-order valence-corrected chi connectivity index (χ1v) is 8.37. The number of ether oxygens (including phenoxy) is 1. The van der Waals surface area contributed by atoms with E-state index in [-0.39, 0.29) is 17.7 Å². The Morgan fingerprint density at radius 3 is 2.65 bits per heavy atom. The van der Waals surface area contributed by atoms with Crippen molar-refractivity contribution in [2.75, 3.05) is 20.2 Å². The van der Waals surface area contributed by atoms with E-state index in [4.69, 9.17) is 4.74 Å². The zero-order chi connectivity index (χ0) is 16.2. The van der Waals surface area contributed by atoms with Gasteiger partial charge in [-0.1, -0.05) is 12.1 Å². The molecule has 1 heterocycles. The number of nitrogens with one attached hydrogen (secondary N) is 1. The molecule has 2 fully saturated rings. The van der Waals surface area contributed by atoms with E-state index in [2.05, 4.69) is 5.32 Å². The van der Waals surface area contributed by atoms with Crippen LogP contribution in [0.25, 0.3) is 0 Å². The van der Waals surface area contributed by atoms with Crippen LogP contribution in [0.1, 0.15) is 31.2 Å². The minimum Gasteiger partial charge on any atom is -0.497 e. The molecule has 1 aromatic rings. The molecular formula is C18H24N2O3. The maximum atomic E-state index is 12.2. The van der Waals surface area contributed by atoms with Gasteiger partial charge in [0.15, 0.2) is 0 Å². The van der Waals surface area contributed by atoms with E-state index in [1.54, 1.807) is 7.11 Å². The summed E-state index contributed by atoms with van der Waals surface area (Å²) in [6, 6.07) is 8.28. The van der Waals surface area contributed by atoms with Gasteiger partial charge in [0.05, 0.1) is 13.0 Å². The summed E-state index contributed by atoms with van der Waals surface area (Å²) in [6.07, 6.45) is 4.14. The van der Waals surface area contributed by atoms with E-state index in [9.17, 15) is 9.59 Å². The van der Waals surface area contributed by atoms with Crippen LogP contribution in [0.4, 0.5) is 0 Å². The molecular weight excluding hydrogens is 292 g/mol. The van der Waals surface area contributed by atoms with Gasteiger partial charge in [0.25, 0.3) is 0 Å². The van der Waals surface area contributed by atoms with Gasteiger partial charge in [-0.05, 0) is 43.4 Å². The third-order valence-electron chi connectivity index (χ3n) is 4.62. The van der Waals surface area contributed by atoms with E-state index >= 15 is 0 Å². The molecule has 0 bridgehead atoms. The summed E-state index contributed by atoms with van der Waals surface area (Å²) in [4.78, 5) is 26.1. The average molecular weight is 316 g/mol. The normalized spacial score (nSPS) is 21.2. The number of benzene rings is 1. The Labute approximate surface area is 137 Å². The number of piperidine rings is 1. The lowest BCUT2D eigenvalue weighted by Crippen LogP contribution is -2.46.